The Balaban J connectivity index is 4.73. The van der Waals surface area contributed by atoms with Gasteiger partial charge in [-0.3, -0.25) is 19.8 Å². The number of carbonyl (C=O) groups excluding carboxylic acids is 1. The van der Waals surface area contributed by atoms with E-state index in [4.69, 9.17) is 4.74 Å². The maximum atomic E-state index is 11.7. The molecule has 0 spiro atoms. The molecule has 1 amide bonds. The number of carbonyl (C=O) groups is 1. The molecule has 0 aliphatic rings. The smallest absolute Gasteiger partial charge is 0.307 e. The first kappa shape index (κ1) is 13.3. The van der Waals surface area contributed by atoms with Crippen LogP contribution in [-0.2, 0) is 14.4 Å². The first-order chi connectivity index (χ1) is 6.55. The van der Waals surface area contributed by atoms with Crippen molar-refractivity contribution in [1.29, 1.82) is 0 Å². The van der Waals surface area contributed by atoms with Crippen LogP contribution in [0.25, 0.3) is 0 Å². The third kappa shape index (κ3) is 2.65. The second-order valence-corrected chi connectivity index (χ2v) is 2.86. The van der Waals surface area contributed by atoms with E-state index in [-0.39, 0.29) is 0 Å². The Hall–Kier alpha value is -0.690. The van der Waals surface area contributed by atoms with Crippen LogP contribution >= 0.6 is 0 Å². The number of amides is 1. The molecule has 2 N–H and O–H groups in total. The summed E-state index contributed by atoms with van der Waals surface area (Å²) in [5.74, 6) is -1.58. The lowest BCUT2D eigenvalue weighted by molar-refractivity contribution is -0.190. The number of nitrogens with zero attached hydrogens (tertiary/aromatic N) is 1. The molecule has 0 fully saturated rings. The summed E-state index contributed by atoms with van der Waals surface area (Å²) >= 11 is 0. The normalized spacial score (nSPS) is 15.3. The fraction of sp³-hybridized carbons (Fsp3) is 0.875. The van der Waals surface area contributed by atoms with Crippen molar-refractivity contribution in [2.75, 3.05) is 34.9 Å². The van der Waals surface area contributed by atoms with Gasteiger partial charge < -0.3 is 4.74 Å². The molecule has 1 atom stereocenters. The summed E-state index contributed by atoms with van der Waals surface area (Å²) in [6.07, 6.45) is 0. The van der Waals surface area contributed by atoms with Gasteiger partial charge in [0, 0.05) is 6.61 Å². The van der Waals surface area contributed by atoms with E-state index in [0.717, 1.165) is 0 Å². The number of hydroxylamine groups is 1. The van der Waals surface area contributed by atoms with Gasteiger partial charge in [0.1, 0.15) is 0 Å². The highest BCUT2D eigenvalue weighted by atomic mass is 16.6. The van der Waals surface area contributed by atoms with Crippen molar-refractivity contribution in [3.05, 3.63) is 0 Å². The SMILES string of the molecule is CCOC(NC)(C(=O)NOC)N(C)C. The van der Waals surface area contributed by atoms with E-state index in [1.807, 2.05) is 6.92 Å². The van der Waals surface area contributed by atoms with Gasteiger partial charge in [-0.25, -0.2) is 5.48 Å². The summed E-state index contributed by atoms with van der Waals surface area (Å²) in [6, 6.07) is 0. The summed E-state index contributed by atoms with van der Waals surface area (Å²) in [5.41, 5.74) is 2.24. The lowest BCUT2D eigenvalue weighted by Crippen LogP contribution is -2.65. The Morgan fingerprint density at radius 2 is 2.07 bits per heavy atom. The van der Waals surface area contributed by atoms with E-state index in [2.05, 4.69) is 15.6 Å². The van der Waals surface area contributed by atoms with Gasteiger partial charge in [0.2, 0.25) is 0 Å². The van der Waals surface area contributed by atoms with Crippen LogP contribution in [-0.4, -0.2) is 51.5 Å². The molecule has 0 aromatic rings. The number of nitrogens with one attached hydrogen (secondary N) is 2. The molecule has 0 rings (SSSR count). The Kier molecular flexibility index (Phi) is 5.63. The fourth-order valence-electron chi connectivity index (χ4n) is 1.18. The van der Waals surface area contributed by atoms with E-state index in [9.17, 15) is 4.79 Å². The van der Waals surface area contributed by atoms with Gasteiger partial charge in [-0.05, 0) is 28.1 Å². The average molecular weight is 205 g/mol. The molecule has 1 unspecified atom stereocenters. The van der Waals surface area contributed by atoms with Crippen LogP contribution in [0.5, 0.6) is 0 Å². The van der Waals surface area contributed by atoms with Crippen molar-refractivity contribution in [3.8, 4) is 0 Å². The molecule has 0 heterocycles. The lowest BCUT2D eigenvalue weighted by atomic mass is 10.3. The molecule has 6 nitrogen and oxygen atoms in total. The highest BCUT2D eigenvalue weighted by molar-refractivity contribution is 5.83. The second-order valence-electron chi connectivity index (χ2n) is 2.86. The summed E-state index contributed by atoms with van der Waals surface area (Å²) in [4.78, 5) is 17.9. The van der Waals surface area contributed by atoms with Crippen molar-refractivity contribution < 1.29 is 14.4 Å². The molecule has 0 aromatic heterocycles. The van der Waals surface area contributed by atoms with Crippen LogP contribution < -0.4 is 10.8 Å². The zero-order valence-corrected chi connectivity index (χ0v) is 9.38. The van der Waals surface area contributed by atoms with Gasteiger partial charge in [0.15, 0.2) is 0 Å². The Bertz CT molecular complexity index is 187. The molecule has 14 heavy (non-hydrogen) atoms. The van der Waals surface area contributed by atoms with Crippen LogP contribution in [0.15, 0.2) is 0 Å². The van der Waals surface area contributed by atoms with Crippen LogP contribution in [0.2, 0.25) is 0 Å². The molecule has 0 aromatic carbocycles. The number of hydrogen-bond acceptors (Lipinski definition) is 5. The van der Waals surface area contributed by atoms with Gasteiger partial charge in [-0.1, -0.05) is 0 Å². The highest BCUT2D eigenvalue weighted by Crippen LogP contribution is 2.09. The van der Waals surface area contributed by atoms with Crippen LogP contribution in [0.4, 0.5) is 0 Å². The Labute approximate surface area is 84.5 Å². The van der Waals surface area contributed by atoms with E-state index >= 15 is 0 Å². The van der Waals surface area contributed by atoms with E-state index in [0.29, 0.717) is 6.61 Å². The second kappa shape index (κ2) is 5.92. The summed E-state index contributed by atoms with van der Waals surface area (Å²) < 4.78 is 5.38. The van der Waals surface area contributed by atoms with Gasteiger partial charge in [0.25, 0.3) is 5.85 Å². The van der Waals surface area contributed by atoms with E-state index in [1.165, 1.54) is 7.11 Å². The lowest BCUT2D eigenvalue weighted by Gasteiger charge is -2.36. The average Bonchev–Trinajstić information content (AvgIpc) is 2.14. The summed E-state index contributed by atoms with van der Waals surface area (Å²) in [7, 11) is 6.49. The maximum Gasteiger partial charge on any atom is 0.307 e. The number of likely N-dealkylation sites (N-methyl/N-ethyl adjacent to an activating group) is 2. The molecule has 0 aliphatic heterocycles. The van der Waals surface area contributed by atoms with Crippen LogP contribution in [0.3, 0.4) is 0 Å². The molecular weight excluding hydrogens is 186 g/mol. The number of rotatable bonds is 6. The van der Waals surface area contributed by atoms with Crippen molar-refractivity contribution in [2.45, 2.75) is 12.8 Å². The zero-order chi connectivity index (χ0) is 11.2. The van der Waals surface area contributed by atoms with Gasteiger partial charge in [-0.15, -0.1) is 0 Å². The third-order valence-corrected chi connectivity index (χ3v) is 1.82. The molecule has 0 saturated heterocycles. The van der Waals surface area contributed by atoms with Crippen molar-refractivity contribution in [3.63, 3.8) is 0 Å². The minimum absolute atomic E-state index is 0.394. The summed E-state index contributed by atoms with van der Waals surface area (Å²) in [5, 5.41) is 2.81. The van der Waals surface area contributed by atoms with Crippen molar-refractivity contribution in [2.24, 2.45) is 0 Å². The zero-order valence-electron chi connectivity index (χ0n) is 9.38. The maximum absolute atomic E-state index is 11.7. The first-order valence-corrected chi connectivity index (χ1v) is 4.38. The standard InChI is InChI=1S/C8H19N3O3/c1-6-14-8(9-2,11(3)4)7(12)10-13-5/h9H,6H2,1-5H3,(H,10,12). The quantitative estimate of drug-likeness (QED) is 0.436. The monoisotopic (exact) mass is 205 g/mol. The molecule has 0 bridgehead atoms. The molecule has 6 heteroatoms. The topological polar surface area (TPSA) is 62.8 Å². The van der Waals surface area contributed by atoms with Crippen molar-refractivity contribution in [1.82, 2.24) is 15.7 Å². The van der Waals surface area contributed by atoms with Gasteiger partial charge >= 0.3 is 5.91 Å². The minimum Gasteiger partial charge on any atom is -0.340 e. The predicted molar refractivity (Wildman–Crippen MR) is 52.3 cm³/mol. The third-order valence-electron chi connectivity index (χ3n) is 1.82. The molecule has 0 aliphatic carbocycles. The van der Waals surface area contributed by atoms with Gasteiger partial charge in [-0.2, -0.15) is 0 Å². The Morgan fingerprint density at radius 3 is 2.36 bits per heavy atom. The number of hydrogen-bond donors (Lipinski definition) is 2. The van der Waals surface area contributed by atoms with E-state index < -0.39 is 11.8 Å². The van der Waals surface area contributed by atoms with Crippen LogP contribution in [0.1, 0.15) is 6.92 Å². The molecule has 84 valence electrons. The first-order valence-electron chi connectivity index (χ1n) is 4.38. The fourth-order valence-corrected chi connectivity index (χ4v) is 1.18. The predicted octanol–water partition coefficient (Wildman–Crippen LogP) is -0.865. The molecular formula is C8H19N3O3. The van der Waals surface area contributed by atoms with E-state index in [1.54, 1.807) is 26.0 Å². The van der Waals surface area contributed by atoms with Gasteiger partial charge in [0.05, 0.1) is 7.11 Å². The van der Waals surface area contributed by atoms with Crippen LogP contribution in [0, 0.1) is 0 Å². The molecule has 0 saturated carbocycles. The molecule has 0 radical (unpaired) electrons. The Morgan fingerprint density at radius 1 is 1.50 bits per heavy atom. The summed E-state index contributed by atoms with van der Waals surface area (Å²) in [6.45, 7) is 2.23. The minimum atomic E-state index is -1.19. The number of ether oxygens (including phenoxy) is 1. The van der Waals surface area contributed by atoms with Crippen molar-refractivity contribution >= 4 is 5.91 Å². The largest absolute Gasteiger partial charge is 0.340 e. The highest BCUT2D eigenvalue weighted by Gasteiger charge is 2.40.